The highest BCUT2D eigenvalue weighted by Gasteiger charge is 2.34. The van der Waals surface area contributed by atoms with E-state index >= 15 is 0 Å². The molecule has 1 atom stereocenters. The van der Waals surface area contributed by atoms with Crippen LogP contribution in [0.5, 0.6) is 11.5 Å². The number of hydrogen-bond donors (Lipinski definition) is 1. The van der Waals surface area contributed by atoms with E-state index in [1.54, 1.807) is 24.1 Å². The maximum Gasteiger partial charge on any atom is 0.282 e. The summed E-state index contributed by atoms with van der Waals surface area (Å²) in [4.78, 5) is 27.6. The van der Waals surface area contributed by atoms with Crippen molar-refractivity contribution in [2.24, 2.45) is 7.05 Å². The highest BCUT2D eigenvalue weighted by atomic mass is 35.5. The number of ether oxygens (including phenoxy) is 2. The van der Waals surface area contributed by atoms with Crippen LogP contribution in [-0.4, -0.2) is 53.8 Å². The molecule has 0 radical (unpaired) electrons. The summed E-state index contributed by atoms with van der Waals surface area (Å²) in [5.41, 5.74) is 1.59. The third kappa shape index (κ3) is 4.86. The van der Waals surface area contributed by atoms with Gasteiger partial charge in [-0.1, -0.05) is 29.8 Å². The van der Waals surface area contributed by atoms with Crippen molar-refractivity contribution in [2.45, 2.75) is 18.9 Å². The number of fused-ring (bicyclic) bond motifs is 1. The van der Waals surface area contributed by atoms with Crippen molar-refractivity contribution in [3.63, 3.8) is 0 Å². The first-order valence-corrected chi connectivity index (χ1v) is 11.5. The number of rotatable bonds is 7. The molecule has 0 bridgehead atoms. The fourth-order valence-electron chi connectivity index (χ4n) is 4.44. The summed E-state index contributed by atoms with van der Waals surface area (Å²) >= 11 is 6.54. The predicted octanol–water partition coefficient (Wildman–Crippen LogP) is 3.93. The van der Waals surface area contributed by atoms with E-state index in [1.807, 2.05) is 24.3 Å². The number of methoxy groups -OCH3 is 2. The zero-order valence-corrected chi connectivity index (χ0v) is 20.7. The molecule has 0 saturated carbocycles. The number of nitrogens with one attached hydrogen (secondary N) is 1. The molecule has 8 nitrogen and oxygen atoms in total. The third-order valence-corrected chi connectivity index (χ3v) is 6.45. The lowest BCUT2D eigenvalue weighted by Crippen LogP contribution is -2.45. The number of halogens is 3. The molecule has 3 aromatic rings. The second kappa shape index (κ2) is 10.5. The Bertz CT molecular complexity index is 1300. The molecule has 2 heterocycles. The molecule has 190 valence electrons. The van der Waals surface area contributed by atoms with Gasteiger partial charge in [0.25, 0.3) is 12.3 Å². The van der Waals surface area contributed by atoms with E-state index in [4.69, 9.17) is 21.1 Å². The minimum atomic E-state index is -2.92. The topological polar surface area (TPSA) is 85.7 Å². The molecule has 1 aliphatic rings. The summed E-state index contributed by atoms with van der Waals surface area (Å²) in [5.74, 6) is -0.111. The number of hydrogen-bond acceptors (Lipinski definition) is 5. The normalized spacial score (nSPS) is 15.0. The summed E-state index contributed by atoms with van der Waals surface area (Å²) in [6.45, 7) is -0.0394. The highest BCUT2D eigenvalue weighted by Crippen LogP contribution is 2.42. The van der Waals surface area contributed by atoms with Gasteiger partial charge in [-0.2, -0.15) is 5.10 Å². The van der Waals surface area contributed by atoms with E-state index in [0.29, 0.717) is 35.1 Å². The summed E-state index contributed by atoms with van der Waals surface area (Å²) in [6.07, 6.45) is -1.18. The molecule has 0 aliphatic carbocycles. The van der Waals surface area contributed by atoms with Crippen LogP contribution in [0.1, 0.15) is 45.2 Å². The Labute approximate surface area is 211 Å². The first-order valence-electron chi connectivity index (χ1n) is 11.1. The number of carbonyl (C=O) groups excluding carboxylic acids is 2. The Morgan fingerprint density at radius 2 is 1.86 bits per heavy atom. The maximum absolute atomic E-state index is 13.4. The Morgan fingerprint density at radius 1 is 1.17 bits per heavy atom. The molecular formula is C25H25ClF2N4O4. The average Bonchev–Trinajstić information content (AvgIpc) is 3.28. The van der Waals surface area contributed by atoms with Crippen molar-refractivity contribution < 1.29 is 27.8 Å². The van der Waals surface area contributed by atoms with E-state index in [-0.39, 0.29) is 12.1 Å². The zero-order chi connectivity index (χ0) is 26.0. The molecule has 4 rings (SSSR count). The lowest BCUT2D eigenvalue weighted by Gasteiger charge is -2.38. The second-order valence-electron chi connectivity index (χ2n) is 8.25. The van der Waals surface area contributed by atoms with Gasteiger partial charge in [0, 0.05) is 24.8 Å². The van der Waals surface area contributed by atoms with Gasteiger partial charge in [0.05, 0.1) is 32.4 Å². The van der Waals surface area contributed by atoms with Gasteiger partial charge in [-0.15, -0.1) is 0 Å². The lowest BCUT2D eigenvalue weighted by atomic mass is 9.87. The van der Waals surface area contributed by atoms with Crippen LogP contribution >= 0.6 is 11.6 Å². The van der Waals surface area contributed by atoms with Crippen molar-refractivity contribution in [3.8, 4) is 11.5 Å². The second-order valence-corrected chi connectivity index (χ2v) is 8.66. The number of amides is 2. The van der Waals surface area contributed by atoms with Crippen LogP contribution < -0.4 is 14.8 Å². The Balaban J connectivity index is 1.65. The summed E-state index contributed by atoms with van der Waals surface area (Å²) in [5, 5.41) is 6.58. The van der Waals surface area contributed by atoms with Crippen molar-refractivity contribution in [1.29, 1.82) is 0 Å². The standard InChI is InChI=1S/C25H25ClF2N4O4/c1-31-13-17(22(30-31)24(27)28)25(34)29-12-21(33)32-9-8-14-10-19(35-2)20(36-3)11-16(14)23(32)15-6-4-5-7-18(15)26/h4-7,10-11,13,23-24H,8-9,12H2,1-3H3,(H,29,34). The van der Waals surface area contributed by atoms with Gasteiger partial charge in [-0.3, -0.25) is 14.3 Å². The SMILES string of the molecule is COc1cc2c(cc1OC)C(c1ccccc1Cl)N(C(=O)CNC(=O)c1cn(C)nc1C(F)F)CC2. The highest BCUT2D eigenvalue weighted by molar-refractivity contribution is 6.31. The van der Waals surface area contributed by atoms with Crippen LogP contribution in [0.4, 0.5) is 8.78 Å². The minimum absolute atomic E-state index is 0.274. The quantitative estimate of drug-likeness (QED) is 0.512. The van der Waals surface area contributed by atoms with Gasteiger partial charge >= 0.3 is 0 Å². The zero-order valence-electron chi connectivity index (χ0n) is 19.9. The van der Waals surface area contributed by atoms with Crippen LogP contribution in [0.2, 0.25) is 5.02 Å². The molecule has 2 aromatic carbocycles. The van der Waals surface area contributed by atoms with Gasteiger partial charge in [-0.25, -0.2) is 8.78 Å². The van der Waals surface area contributed by atoms with Crippen LogP contribution in [0.25, 0.3) is 0 Å². The number of aryl methyl sites for hydroxylation is 1. The molecule has 1 N–H and O–H groups in total. The van der Waals surface area contributed by atoms with Crippen LogP contribution in [0, 0.1) is 0 Å². The van der Waals surface area contributed by atoms with Crippen molar-refractivity contribution in [2.75, 3.05) is 27.3 Å². The van der Waals surface area contributed by atoms with Crippen molar-refractivity contribution >= 4 is 23.4 Å². The van der Waals surface area contributed by atoms with Crippen LogP contribution in [0.15, 0.2) is 42.6 Å². The molecule has 0 fully saturated rings. The number of carbonyl (C=O) groups is 2. The summed E-state index contributed by atoms with van der Waals surface area (Å²) in [6, 6.07) is 10.4. The maximum atomic E-state index is 13.4. The third-order valence-electron chi connectivity index (χ3n) is 6.10. The van der Waals surface area contributed by atoms with Crippen LogP contribution in [0.3, 0.4) is 0 Å². The first kappa shape index (κ1) is 25.4. The lowest BCUT2D eigenvalue weighted by molar-refractivity contribution is -0.132. The fourth-order valence-corrected chi connectivity index (χ4v) is 4.68. The molecule has 1 aliphatic heterocycles. The van der Waals surface area contributed by atoms with E-state index in [9.17, 15) is 18.4 Å². The Kier molecular flexibility index (Phi) is 7.44. The molecule has 1 aromatic heterocycles. The van der Waals surface area contributed by atoms with Gasteiger partial charge in [0.1, 0.15) is 5.69 Å². The molecule has 1 unspecified atom stereocenters. The number of aromatic nitrogens is 2. The predicted molar refractivity (Wildman–Crippen MR) is 129 cm³/mol. The first-order chi connectivity index (χ1) is 17.2. The minimum Gasteiger partial charge on any atom is -0.493 e. The molecule has 2 amide bonds. The van der Waals surface area contributed by atoms with Gasteiger partial charge < -0.3 is 19.7 Å². The Morgan fingerprint density at radius 3 is 2.53 bits per heavy atom. The number of nitrogens with zero attached hydrogens (tertiary/aromatic N) is 3. The van der Waals surface area contributed by atoms with Crippen LogP contribution in [-0.2, 0) is 18.3 Å². The van der Waals surface area contributed by atoms with Crippen molar-refractivity contribution in [1.82, 2.24) is 20.0 Å². The molecule has 0 saturated heterocycles. The van der Waals surface area contributed by atoms with E-state index < -0.39 is 30.0 Å². The van der Waals surface area contributed by atoms with Gasteiger partial charge in [0.2, 0.25) is 5.91 Å². The van der Waals surface area contributed by atoms with Gasteiger partial charge in [-0.05, 0) is 41.3 Å². The van der Waals surface area contributed by atoms with E-state index in [1.165, 1.54) is 20.4 Å². The molecular weight excluding hydrogens is 494 g/mol. The largest absolute Gasteiger partial charge is 0.493 e. The fraction of sp³-hybridized carbons (Fsp3) is 0.320. The van der Waals surface area contributed by atoms with E-state index in [0.717, 1.165) is 15.8 Å². The molecule has 0 spiro atoms. The average molecular weight is 519 g/mol. The molecule has 11 heteroatoms. The number of alkyl halides is 2. The number of benzene rings is 2. The van der Waals surface area contributed by atoms with Gasteiger partial charge in [0.15, 0.2) is 11.5 Å². The summed E-state index contributed by atoms with van der Waals surface area (Å²) in [7, 11) is 4.53. The monoisotopic (exact) mass is 518 g/mol. The Hall–Kier alpha value is -3.66. The smallest absolute Gasteiger partial charge is 0.282 e. The summed E-state index contributed by atoms with van der Waals surface area (Å²) < 4.78 is 38.6. The van der Waals surface area contributed by atoms with Crippen molar-refractivity contribution in [3.05, 3.63) is 75.6 Å². The molecule has 36 heavy (non-hydrogen) atoms. The van der Waals surface area contributed by atoms with E-state index in [2.05, 4.69) is 10.4 Å².